The van der Waals surface area contributed by atoms with Gasteiger partial charge in [-0.25, -0.2) is 0 Å². The topological polar surface area (TPSA) is 64.9 Å². The fourth-order valence-electron chi connectivity index (χ4n) is 1.50. The molecule has 84 valence electrons. The summed E-state index contributed by atoms with van der Waals surface area (Å²) < 4.78 is 5.97. The molecule has 0 saturated carbocycles. The molecule has 16 heavy (non-hydrogen) atoms. The lowest BCUT2D eigenvalue weighted by Crippen LogP contribution is -1.96. The first-order valence-corrected chi connectivity index (χ1v) is 5.71. The number of hydrogen-bond acceptors (Lipinski definition) is 4. The van der Waals surface area contributed by atoms with Gasteiger partial charge in [0, 0.05) is 10.0 Å². The number of rotatable bonds is 2. The predicted molar refractivity (Wildman–Crippen MR) is 64.8 cm³/mol. The summed E-state index contributed by atoms with van der Waals surface area (Å²) in [5, 5.41) is 3.92. The summed E-state index contributed by atoms with van der Waals surface area (Å²) in [6.45, 7) is 4.35. The van der Waals surface area contributed by atoms with E-state index in [1.165, 1.54) is 5.56 Å². The van der Waals surface area contributed by atoms with Gasteiger partial charge in [-0.3, -0.25) is 0 Å². The van der Waals surface area contributed by atoms with Crippen LogP contribution in [0.1, 0.15) is 17.0 Å². The van der Waals surface area contributed by atoms with Gasteiger partial charge in [-0.05, 0) is 31.0 Å². The molecular formula is C11H12BrN3O. The van der Waals surface area contributed by atoms with E-state index in [4.69, 9.17) is 10.3 Å². The van der Waals surface area contributed by atoms with E-state index in [0.29, 0.717) is 11.7 Å². The molecule has 0 aliphatic rings. The van der Waals surface area contributed by atoms with Crippen molar-refractivity contribution in [2.45, 2.75) is 20.4 Å². The molecule has 0 aliphatic carbocycles. The minimum atomic E-state index is 0.259. The Hall–Kier alpha value is -1.20. The Morgan fingerprint density at radius 3 is 2.75 bits per heavy atom. The second-order valence-corrected chi connectivity index (χ2v) is 4.43. The van der Waals surface area contributed by atoms with Crippen molar-refractivity contribution in [1.29, 1.82) is 0 Å². The summed E-state index contributed by atoms with van der Waals surface area (Å²) >= 11 is 3.50. The maximum absolute atomic E-state index is 5.44. The van der Waals surface area contributed by atoms with Crippen molar-refractivity contribution in [2.24, 2.45) is 5.73 Å². The van der Waals surface area contributed by atoms with Crippen molar-refractivity contribution in [1.82, 2.24) is 10.1 Å². The molecule has 1 aromatic carbocycles. The highest BCUT2D eigenvalue weighted by Crippen LogP contribution is 2.31. The van der Waals surface area contributed by atoms with Crippen molar-refractivity contribution in [2.75, 3.05) is 0 Å². The number of hydrogen-bond donors (Lipinski definition) is 1. The standard InChI is InChI=1S/C11H12BrN3O/c1-6-3-4-8(12)10(7(6)2)11-14-9(5-13)16-15-11/h3-4H,5,13H2,1-2H3. The highest BCUT2D eigenvalue weighted by molar-refractivity contribution is 9.10. The first kappa shape index (κ1) is 11.3. The SMILES string of the molecule is Cc1ccc(Br)c(-c2noc(CN)n2)c1C. The van der Waals surface area contributed by atoms with Gasteiger partial charge in [0.2, 0.25) is 11.7 Å². The number of benzene rings is 1. The van der Waals surface area contributed by atoms with Crippen molar-refractivity contribution in [3.8, 4) is 11.4 Å². The molecule has 0 radical (unpaired) electrons. The Labute approximate surface area is 102 Å². The van der Waals surface area contributed by atoms with E-state index >= 15 is 0 Å². The quantitative estimate of drug-likeness (QED) is 0.919. The summed E-state index contributed by atoms with van der Waals surface area (Å²) in [7, 11) is 0. The van der Waals surface area contributed by atoms with Crippen LogP contribution < -0.4 is 5.73 Å². The van der Waals surface area contributed by atoms with Crippen LogP contribution in [0.4, 0.5) is 0 Å². The van der Waals surface area contributed by atoms with Gasteiger partial charge in [-0.1, -0.05) is 27.2 Å². The van der Waals surface area contributed by atoms with E-state index in [0.717, 1.165) is 15.6 Å². The van der Waals surface area contributed by atoms with Crippen LogP contribution >= 0.6 is 15.9 Å². The minimum Gasteiger partial charge on any atom is -0.338 e. The van der Waals surface area contributed by atoms with Crippen LogP contribution in [0.15, 0.2) is 21.1 Å². The lowest BCUT2D eigenvalue weighted by Gasteiger charge is -2.06. The summed E-state index contributed by atoms with van der Waals surface area (Å²) in [6.07, 6.45) is 0. The Morgan fingerprint density at radius 2 is 2.12 bits per heavy atom. The Kier molecular flexibility index (Phi) is 3.07. The van der Waals surface area contributed by atoms with E-state index < -0.39 is 0 Å². The van der Waals surface area contributed by atoms with E-state index in [1.807, 2.05) is 19.1 Å². The van der Waals surface area contributed by atoms with Crippen LogP contribution in [0.3, 0.4) is 0 Å². The molecule has 5 heteroatoms. The second kappa shape index (κ2) is 4.35. The maximum Gasteiger partial charge on any atom is 0.240 e. The first-order valence-electron chi connectivity index (χ1n) is 4.92. The molecule has 1 aromatic heterocycles. The van der Waals surface area contributed by atoms with Crippen LogP contribution in [-0.2, 0) is 6.54 Å². The number of aromatic nitrogens is 2. The van der Waals surface area contributed by atoms with Crippen molar-refractivity contribution in [3.05, 3.63) is 33.6 Å². The van der Waals surface area contributed by atoms with E-state index in [2.05, 4.69) is 33.0 Å². The van der Waals surface area contributed by atoms with Gasteiger partial charge in [-0.2, -0.15) is 4.98 Å². The zero-order valence-electron chi connectivity index (χ0n) is 9.12. The van der Waals surface area contributed by atoms with E-state index in [1.54, 1.807) is 0 Å². The minimum absolute atomic E-state index is 0.259. The summed E-state index contributed by atoms with van der Waals surface area (Å²) in [4.78, 5) is 4.23. The molecule has 0 amide bonds. The zero-order valence-corrected chi connectivity index (χ0v) is 10.7. The Balaban J connectivity index is 2.58. The Morgan fingerprint density at radius 1 is 1.38 bits per heavy atom. The van der Waals surface area contributed by atoms with Crippen LogP contribution in [0, 0.1) is 13.8 Å². The number of aryl methyl sites for hydroxylation is 1. The number of nitrogens with two attached hydrogens (primary N) is 1. The molecule has 2 N–H and O–H groups in total. The van der Waals surface area contributed by atoms with Gasteiger partial charge in [0.25, 0.3) is 0 Å². The largest absolute Gasteiger partial charge is 0.338 e. The smallest absolute Gasteiger partial charge is 0.240 e. The van der Waals surface area contributed by atoms with Gasteiger partial charge in [-0.15, -0.1) is 0 Å². The second-order valence-electron chi connectivity index (χ2n) is 3.58. The zero-order chi connectivity index (χ0) is 11.7. The fourth-order valence-corrected chi connectivity index (χ4v) is 2.10. The van der Waals surface area contributed by atoms with Crippen LogP contribution in [0.2, 0.25) is 0 Å². The Bertz CT molecular complexity index is 522. The average molecular weight is 282 g/mol. The molecule has 0 unspecified atom stereocenters. The molecule has 0 atom stereocenters. The third-order valence-corrected chi connectivity index (χ3v) is 3.21. The third-order valence-electron chi connectivity index (χ3n) is 2.55. The van der Waals surface area contributed by atoms with Gasteiger partial charge in [0.15, 0.2) is 0 Å². The molecule has 4 nitrogen and oxygen atoms in total. The summed E-state index contributed by atoms with van der Waals surface area (Å²) in [6, 6.07) is 4.03. The molecule has 0 bridgehead atoms. The van der Waals surface area contributed by atoms with E-state index in [9.17, 15) is 0 Å². The third kappa shape index (κ3) is 1.88. The van der Waals surface area contributed by atoms with Crippen LogP contribution in [-0.4, -0.2) is 10.1 Å². The molecule has 1 heterocycles. The van der Waals surface area contributed by atoms with Crippen molar-refractivity contribution < 1.29 is 4.52 Å². The van der Waals surface area contributed by atoms with Gasteiger partial charge in [0.05, 0.1) is 6.54 Å². The predicted octanol–water partition coefficient (Wildman–Crippen LogP) is 2.57. The fraction of sp³-hybridized carbons (Fsp3) is 0.273. The lowest BCUT2D eigenvalue weighted by atomic mass is 10.0. The molecular weight excluding hydrogens is 270 g/mol. The lowest BCUT2D eigenvalue weighted by molar-refractivity contribution is 0.380. The highest BCUT2D eigenvalue weighted by Gasteiger charge is 2.14. The van der Waals surface area contributed by atoms with Gasteiger partial charge >= 0.3 is 0 Å². The average Bonchev–Trinajstić information content (AvgIpc) is 2.73. The maximum atomic E-state index is 5.44. The van der Waals surface area contributed by atoms with Crippen LogP contribution in [0.25, 0.3) is 11.4 Å². The first-order chi connectivity index (χ1) is 7.63. The molecule has 0 fully saturated rings. The molecule has 0 saturated heterocycles. The normalized spacial score (nSPS) is 10.8. The van der Waals surface area contributed by atoms with Gasteiger partial charge in [0.1, 0.15) is 0 Å². The molecule has 2 rings (SSSR count). The monoisotopic (exact) mass is 281 g/mol. The molecule has 0 aliphatic heterocycles. The number of nitrogens with zero attached hydrogens (tertiary/aromatic N) is 2. The summed E-state index contributed by atoms with van der Waals surface area (Å²) in [5.41, 5.74) is 8.73. The van der Waals surface area contributed by atoms with Gasteiger partial charge < -0.3 is 10.3 Å². The number of halogens is 1. The van der Waals surface area contributed by atoms with E-state index in [-0.39, 0.29) is 6.54 Å². The highest BCUT2D eigenvalue weighted by atomic mass is 79.9. The van der Waals surface area contributed by atoms with Crippen molar-refractivity contribution in [3.63, 3.8) is 0 Å². The van der Waals surface area contributed by atoms with Crippen LogP contribution in [0.5, 0.6) is 0 Å². The van der Waals surface area contributed by atoms with Crippen molar-refractivity contribution >= 4 is 15.9 Å². The molecule has 0 spiro atoms. The molecule has 2 aromatic rings. The summed E-state index contributed by atoms with van der Waals surface area (Å²) in [5.74, 6) is 1.02.